The normalized spacial score (nSPS) is 16.2. The van der Waals surface area contributed by atoms with Crippen molar-refractivity contribution in [2.45, 2.75) is 25.8 Å². The predicted octanol–water partition coefficient (Wildman–Crippen LogP) is 3.02. The van der Waals surface area contributed by atoms with Crippen molar-refractivity contribution >= 4 is 28.5 Å². The molecule has 3 aromatic heterocycles. The van der Waals surface area contributed by atoms with Crippen molar-refractivity contribution in [2.75, 3.05) is 18.0 Å². The van der Waals surface area contributed by atoms with Crippen LogP contribution in [0.15, 0.2) is 30.6 Å². The monoisotopic (exact) mass is 328 g/mol. The van der Waals surface area contributed by atoms with Gasteiger partial charge in [0, 0.05) is 25.4 Å². The molecular weight excluding hydrogens is 312 g/mol. The zero-order valence-corrected chi connectivity index (χ0v) is 13.6. The summed E-state index contributed by atoms with van der Waals surface area (Å²) in [5.74, 6) is 1.05. The third-order valence-electron chi connectivity index (χ3n) is 4.35. The van der Waals surface area contributed by atoms with E-state index in [2.05, 4.69) is 44.2 Å². The number of anilines is 1. The molecule has 1 fully saturated rings. The lowest BCUT2D eigenvalue weighted by Crippen LogP contribution is -2.35. The number of nitrogens with zero attached hydrogens (tertiary/aromatic N) is 6. The molecule has 7 heteroatoms. The minimum atomic E-state index is 0.338. The van der Waals surface area contributed by atoms with Gasteiger partial charge >= 0.3 is 0 Å². The summed E-state index contributed by atoms with van der Waals surface area (Å²) in [6.07, 6.45) is 5.70. The van der Waals surface area contributed by atoms with Gasteiger partial charge in [-0.25, -0.2) is 14.6 Å². The average Bonchev–Trinajstić information content (AvgIpc) is 2.99. The molecule has 1 saturated heterocycles. The van der Waals surface area contributed by atoms with Crippen LogP contribution in [0.3, 0.4) is 0 Å². The second-order valence-electron chi connectivity index (χ2n) is 5.94. The Hall–Kier alpha value is -2.21. The molecule has 0 N–H and O–H groups in total. The molecule has 0 radical (unpaired) electrons. The molecule has 0 bridgehead atoms. The molecule has 0 aliphatic carbocycles. The number of halogens is 1. The summed E-state index contributed by atoms with van der Waals surface area (Å²) in [4.78, 5) is 11.0. The Balaban J connectivity index is 1.51. The van der Waals surface area contributed by atoms with Crippen LogP contribution in [-0.4, -0.2) is 38.1 Å². The molecule has 0 unspecified atom stereocenters. The van der Waals surface area contributed by atoms with Crippen LogP contribution in [0.5, 0.6) is 0 Å². The fourth-order valence-corrected chi connectivity index (χ4v) is 3.22. The lowest BCUT2D eigenvalue weighted by molar-refractivity contribution is 0.368. The third-order valence-corrected chi connectivity index (χ3v) is 4.56. The Kier molecular flexibility index (Phi) is 3.61. The molecule has 1 aliphatic rings. The molecule has 1 aliphatic heterocycles. The summed E-state index contributed by atoms with van der Waals surface area (Å²) in [7, 11) is 0. The van der Waals surface area contributed by atoms with Crippen molar-refractivity contribution in [3.8, 4) is 0 Å². The molecule has 118 valence electrons. The van der Waals surface area contributed by atoms with Crippen molar-refractivity contribution in [1.29, 1.82) is 0 Å². The van der Waals surface area contributed by atoms with E-state index < -0.39 is 0 Å². The van der Waals surface area contributed by atoms with Gasteiger partial charge in [-0.2, -0.15) is 0 Å². The third kappa shape index (κ3) is 2.74. The molecule has 6 nitrogen and oxygen atoms in total. The van der Waals surface area contributed by atoms with E-state index in [1.165, 1.54) is 5.56 Å². The van der Waals surface area contributed by atoms with Gasteiger partial charge in [-0.1, -0.05) is 22.9 Å². The second-order valence-corrected chi connectivity index (χ2v) is 6.33. The highest BCUT2D eigenvalue weighted by Gasteiger charge is 2.23. The van der Waals surface area contributed by atoms with Crippen LogP contribution in [0.25, 0.3) is 11.0 Å². The molecule has 0 saturated carbocycles. The molecule has 0 amide bonds. The Morgan fingerprint density at radius 2 is 1.96 bits per heavy atom. The van der Waals surface area contributed by atoms with Gasteiger partial charge in [0.1, 0.15) is 22.0 Å². The van der Waals surface area contributed by atoms with E-state index in [-0.39, 0.29) is 0 Å². The second kappa shape index (κ2) is 5.77. The first-order chi connectivity index (χ1) is 11.2. The summed E-state index contributed by atoms with van der Waals surface area (Å²) in [5.41, 5.74) is 2.93. The fraction of sp³-hybridized carbons (Fsp3) is 0.375. The lowest BCUT2D eigenvalue weighted by atomic mass is 10.0. The van der Waals surface area contributed by atoms with Gasteiger partial charge in [-0.05, 0) is 31.4 Å². The number of piperidine rings is 1. The quantitative estimate of drug-likeness (QED) is 0.677. The smallest absolute Gasteiger partial charge is 0.131 e. The summed E-state index contributed by atoms with van der Waals surface area (Å²) in [6.45, 7) is 3.98. The molecule has 4 rings (SSSR count). The van der Waals surface area contributed by atoms with E-state index in [4.69, 9.17) is 11.6 Å². The van der Waals surface area contributed by atoms with Crippen molar-refractivity contribution in [1.82, 2.24) is 25.0 Å². The number of rotatable bonds is 2. The minimum absolute atomic E-state index is 0.338. The average molecular weight is 329 g/mol. The first-order valence-corrected chi connectivity index (χ1v) is 8.12. The summed E-state index contributed by atoms with van der Waals surface area (Å²) in [5, 5.41) is 8.96. The van der Waals surface area contributed by atoms with E-state index in [0.29, 0.717) is 11.2 Å². The summed E-state index contributed by atoms with van der Waals surface area (Å²) in [6, 6.07) is 6.29. The first kappa shape index (κ1) is 14.4. The van der Waals surface area contributed by atoms with Crippen LogP contribution in [-0.2, 0) is 0 Å². The van der Waals surface area contributed by atoms with E-state index in [1.807, 2.05) is 10.9 Å². The number of pyridine rings is 2. The molecule has 3 aromatic rings. The highest BCUT2D eigenvalue weighted by Crippen LogP contribution is 2.27. The maximum atomic E-state index is 5.91. The van der Waals surface area contributed by atoms with Gasteiger partial charge in [0.2, 0.25) is 0 Å². The van der Waals surface area contributed by atoms with E-state index in [0.717, 1.165) is 42.8 Å². The van der Waals surface area contributed by atoms with Crippen molar-refractivity contribution in [3.63, 3.8) is 0 Å². The predicted molar refractivity (Wildman–Crippen MR) is 89.8 cm³/mol. The Morgan fingerprint density at radius 1 is 1.13 bits per heavy atom. The molecule has 0 aromatic carbocycles. The SMILES string of the molecule is Cc1ccc(N2CCC(n3nnc4cc(Cl)ncc43)CC2)nc1. The van der Waals surface area contributed by atoms with Crippen LogP contribution >= 0.6 is 11.6 Å². The molecule has 4 heterocycles. The van der Waals surface area contributed by atoms with E-state index >= 15 is 0 Å². The van der Waals surface area contributed by atoms with E-state index in [9.17, 15) is 0 Å². The van der Waals surface area contributed by atoms with Gasteiger partial charge in [-0.3, -0.25) is 0 Å². The van der Waals surface area contributed by atoms with Gasteiger partial charge < -0.3 is 4.90 Å². The minimum Gasteiger partial charge on any atom is -0.356 e. The topological polar surface area (TPSA) is 59.7 Å². The van der Waals surface area contributed by atoms with Crippen LogP contribution in [0, 0.1) is 6.92 Å². The molecule has 23 heavy (non-hydrogen) atoms. The Labute approximate surface area is 139 Å². The van der Waals surface area contributed by atoms with Crippen LogP contribution in [0.2, 0.25) is 5.15 Å². The molecule has 0 atom stereocenters. The lowest BCUT2D eigenvalue weighted by Gasteiger charge is -2.32. The Bertz CT molecular complexity index is 820. The highest BCUT2D eigenvalue weighted by molar-refractivity contribution is 6.29. The van der Waals surface area contributed by atoms with Crippen LogP contribution in [0.4, 0.5) is 5.82 Å². The maximum absolute atomic E-state index is 5.91. The van der Waals surface area contributed by atoms with Gasteiger partial charge in [0.15, 0.2) is 0 Å². The number of hydrogen-bond donors (Lipinski definition) is 0. The van der Waals surface area contributed by atoms with Gasteiger partial charge in [-0.15, -0.1) is 5.10 Å². The van der Waals surface area contributed by atoms with Crippen LogP contribution < -0.4 is 4.90 Å². The fourth-order valence-electron chi connectivity index (χ4n) is 3.07. The van der Waals surface area contributed by atoms with Crippen LogP contribution in [0.1, 0.15) is 24.4 Å². The number of aryl methyl sites for hydroxylation is 1. The largest absolute Gasteiger partial charge is 0.356 e. The van der Waals surface area contributed by atoms with Crippen molar-refractivity contribution in [2.24, 2.45) is 0 Å². The zero-order chi connectivity index (χ0) is 15.8. The maximum Gasteiger partial charge on any atom is 0.131 e. The molecule has 0 spiro atoms. The van der Waals surface area contributed by atoms with Gasteiger partial charge in [0.25, 0.3) is 0 Å². The van der Waals surface area contributed by atoms with E-state index in [1.54, 1.807) is 12.3 Å². The number of fused-ring (bicyclic) bond motifs is 1. The van der Waals surface area contributed by atoms with Gasteiger partial charge in [0.05, 0.1) is 12.2 Å². The summed E-state index contributed by atoms with van der Waals surface area (Å²) < 4.78 is 1.98. The standard InChI is InChI=1S/C16H17ClN6/c1-11-2-3-16(19-9-11)22-6-4-12(5-7-22)23-14-10-18-15(17)8-13(14)20-21-23/h2-3,8-10,12H,4-7H2,1H3. The highest BCUT2D eigenvalue weighted by atomic mass is 35.5. The zero-order valence-electron chi connectivity index (χ0n) is 12.9. The van der Waals surface area contributed by atoms with Crippen molar-refractivity contribution in [3.05, 3.63) is 41.3 Å². The number of hydrogen-bond acceptors (Lipinski definition) is 5. The van der Waals surface area contributed by atoms with Crippen molar-refractivity contribution < 1.29 is 0 Å². The summed E-state index contributed by atoms with van der Waals surface area (Å²) >= 11 is 5.91. The Morgan fingerprint density at radius 3 is 2.70 bits per heavy atom. The molecular formula is C16H17ClN6. The first-order valence-electron chi connectivity index (χ1n) is 7.75. The number of aromatic nitrogens is 5.